The molecule has 0 spiro atoms. The molecule has 5 heteroatoms. The van der Waals surface area contributed by atoms with Crippen molar-refractivity contribution < 1.29 is 8.83 Å². The van der Waals surface area contributed by atoms with Crippen molar-refractivity contribution in [1.29, 1.82) is 0 Å². The molecule has 0 aliphatic rings. The van der Waals surface area contributed by atoms with E-state index in [-0.39, 0.29) is 5.28 Å². The highest BCUT2D eigenvalue weighted by Crippen LogP contribution is 2.41. The quantitative estimate of drug-likeness (QED) is 0.251. The molecule has 7 aromatic rings. The smallest absolute Gasteiger partial charge is 0.232 e. The first-order valence-electron chi connectivity index (χ1n) is 10.6. The van der Waals surface area contributed by atoms with Crippen LogP contribution in [-0.2, 0) is 0 Å². The number of hydrogen-bond donors (Lipinski definition) is 0. The van der Waals surface area contributed by atoms with Crippen LogP contribution in [0.1, 0.15) is 0 Å². The Hall–Kier alpha value is -4.15. The average molecular weight is 447 g/mol. The van der Waals surface area contributed by atoms with Crippen LogP contribution in [0.15, 0.2) is 99.8 Å². The highest BCUT2D eigenvalue weighted by Gasteiger charge is 2.21. The molecule has 0 aliphatic carbocycles. The lowest BCUT2D eigenvalue weighted by molar-refractivity contribution is 0.653. The highest BCUT2D eigenvalue weighted by atomic mass is 35.5. The van der Waals surface area contributed by atoms with Crippen molar-refractivity contribution >= 4 is 55.6 Å². The second-order valence-corrected chi connectivity index (χ2v) is 8.32. The molecular weight excluding hydrogens is 432 g/mol. The van der Waals surface area contributed by atoms with Crippen LogP contribution in [0.3, 0.4) is 0 Å². The molecule has 0 aliphatic heterocycles. The Morgan fingerprint density at radius 1 is 0.606 bits per heavy atom. The molecule has 0 bridgehead atoms. The maximum atomic E-state index is 6.35. The zero-order chi connectivity index (χ0) is 21.9. The first-order valence-corrected chi connectivity index (χ1v) is 11.0. The second-order valence-electron chi connectivity index (χ2n) is 7.98. The minimum Gasteiger partial charge on any atom is -0.455 e. The molecule has 4 aromatic carbocycles. The molecule has 3 heterocycles. The number of hydrogen-bond acceptors (Lipinski definition) is 4. The molecule has 156 valence electrons. The number of halogens is 1. The SMILES string of the molecule is Clc1nc(-c2cccc3c2oc2ccccc23)c2c(n1)oc1ccc(-c3ccccc3)cc12. The molecule has 0 saturated heterocycles. The number of aromatic nitrogens is 2. The molecule has 0 unspecified atom stereocenters. The van der Waals surface area contributed by atoms with E-state index in [1.165, 1.54) is 0 Å². The highest BCUT2D eigenvalue weighted by molar-refractivity contribution is 6.29. The Labute approximate surface area is 193 Å². The summed E-state index contributed by atoms with van der Waals surface area (Å²) in [5, 5.41) is 3.98. The van der Waals surface area contributed by atoms with Crippen molar-refractivity contribution in [2.75, 3.05) is 0 Å². The number of fused-ring (bicyclic) bond motifs is 6. The lowest BCUT2D eigenvalue weighted by Gasteiger charge is -2.05. The Bertz CT molecular complexity index is 1830. The number of benzene rings is 4. The molecule has 0 radical (unpaired) electrons. The minimum atomic E-state index is 0.132. The van der Waals surface area contributed by atoms with E-state index in [1.54, 1.807) is 0 Å². The Balaban J connectivity index is 1.58. The Kier molecular flexibility index (Phi) is 3.87. The zero-order valence-electron chi connectivity index (χ0n) is 17.2. The molecular formula is C28H15ClN2O2. The van der Waals surface area contributed by atoms with E-state index in [0.717, 1.165) is 55.0 Å². The van der Waals surface area contributed by atoms with Crippen molar-refractivity contribution in [2.24, 2.45) is 0 Å². The number of furan rings is 2. The molecule has 0 fully saturated rings. The van der Waals surface area contributed by atoms with E-state index in [9.17, 15) is 0 Å². The van der Waals surface area contributed by atoms with Crippen molar-refractivity contribution in [3.05, 3.63) is 96.3 Å². The summed E-state index contributed by atoms with van der Waals surface area (Å²) >= 11 is 6.35. The maximum Gasteiger partial charge on any atom is 0.232 e. The molecule has 0 amide bonds. The summed E-state index contributed by atoms with van der Waals surface area (Å²) in [5.41, 5.74) is 6.56. The molecule has 4 nitrogen and oxygen atoms in total. The molecule has 0 saturated carbocycles. The minimum absolute atomic E-state index is 0.132. The second kappa shape index (κ2) is 6.92. The lowest BCUT2D eigenvalue weighted by Crippen LogP contribution is -1.90. The summed E-state index contributed by atoms with van der Waals surface area (Å²) in [7, 11) is 0. The van der Waals surface area contributed by atoms with E-state index < -0.39 is 0 Å². The summed E-state index contributed by atoms with van der Waals surface area (Å²) in [4.78, 5) is 9.03. The van der Waals surface area contributed by atoms with Crippen LogP contribution in [0.4, 0.5) is 0 Å². The summed E-state index contributed by atoms with van der Waals surface area (Å²) in [6.45, 7) is 0. The van der Waals surface area contributed by atoms with Crippen LogP contribution in [0.25, 0.3) is 66.4 Å². The maximum absolute atomic E-state index is 6.35. The number of nitrogens with zero attached hydrogens (tertiary/aromatic N) is 2. The third-order valence-corrected chi connectivity index (χ3v) is 6.24. The third kappa shape index (κ3) is 2.78. The monoisotopic (exact) mass is 446 g/mol. The predicted octanol–water partition coefficient (Wildman–Crippen LogP) is 8.26. The lowest BCUT2D eigenvalue weighted by atomic mass is 10.0. The predicted molar refractivity (Wildman–Crippen MR) is 132 cm³/mol. The van der Waals surface area contributed by atoms with Crippen LogP contribution in [0.2, 0.25) is 5.28 Å². The van der Waals surface area contributed by atoms with Gasteiger partial charge in [0.1, 0.15) is 16.7 Å². The van der Waals surface area contributed by atoms with Gasteiger partial charge < -0.3 is 8.83 Å². The summed E-state index contributed by atoms with van der Waals surface area (Å²) in [6, 6.07) is 30.5. The number of rotatable bonds is 2. The van der Waals surface area contributed by atoms with Crippen molar-refractivity contribution in [2.45, 2.75) is 0 Å². The van der Waals surface area contributed by atoms with Crippen molar-refractivity contribution in [3.8, 4) is 22.4 Å². The van der Waals surface area contributed by atoms with E-state index in [4.69, 9.17) is 20.4 Å². The van der Waals surface area contributed by atoms with Crippen LogP contribution >= 0.6 is 11.6 Å². The first-order chi connectivity index (χ1) is 16.3. The van der Waals surface area contributed by atoms with Gasteiger partial charge in [-0.25, -0.2) is 4.98 Å². The summed E-state index contributed by atoms with van der Waals surface area (Å²) < 4.78 is 12.4. The molecule has 0 atom stereocenters. The molecule has 7 rings (SSSR count). The van der Waals surface area contributed by atoms with E-state index >= 15 is 0 Å². The third-order valence-electron chi connectivity index (χ3n) is 6.07. The van der Waals surface area contributed by atoms with Crippen LogP contribution in [0, 0.1) is 0 Å². The molecule has 33 heavy (non-hydrogen) atoms. The zero-order valence-corrected chi connectivity index (χ0v) is 18.0. The average Bonchev–Trinajstić information content (AvgIpc) is 3.41. The van der Waals surface area contributed by atoms with Gasteiger partial charge in [0.25, 0.3) is 0 Å². The van der Waals surface area contributed by atoms with Crippen molar-refractivity contribution in [1.82, 2.24) is 9.97 Å². The van der Waals surface area contributed by atoms with Crippen LogP contribution in [0.5, 0.6) is 0 Å². The first kappa shape index (κ1) is 18.4. The van der Waals surface area contributed by atoms with Gasteiger partial charge in [0.15, 0.2) is 0 Å². The van der Waals surface area contributed by atoms with E-state index in [0.29, 0.717) is 11.4 Å². The van der Waals surface area contributed by atoms with Gasteiger partial charge in [-0.1, -0.05) is 66.7 Å². The van der Waals surface area contributed by atoms with Gasteiger partial charge in [-0.05, 0) is 47.0 Å². The molecule has 3 aromatic heterocycles. The Morgan fingerprint density at radius 3 is 2.30 bits per heavy atom. The van der Waals surface area contributed by atoms with Gasteiger partial charge in [-0.3, -0.25) is 0 Å². The standard InChI is InChI=1S/C28H15ClN2O2/c29-28-30-25(20-11-6-10-19-18-9-4-5-12-22(18)32-26(19)20)24-21-15-17(16-7-2-1-3-8-16)13-14-23(21)33-27(24)31-28/h1-15H. The fraction of sp³-hybridized carbons (Fsp3) is 0. The number of para-hydroxylation sites is 2. The summed E-state index contributed by atoms with van der Waals surface area (Å²) in [6.07, 6.45) is 0. The fourth-order valence-electron chi connectivity index (χ4n) is 4.59. The van der Waals surface area contributed by atoms with Gasteiger partial charge in [0.05, 0.1) is 11.1 Å². The normalized spacial score (nSPS) is 11.8. The van der Waals surface area contributed by atoms with Crippen molar-refractivity contribution in [3.63, 3.8) is 0 Å². The van der Waals surface area contributed by atoms with Gasteiger partial charge in [-0.15, -0.1) is 0 Å². The van der Waals surface area contributed by atoms with Gasteiger partial charge in [0, 0.05) is 21.7 Å². The van der Waals surface area contributed by atoms with Gasteiger partial charge in [-0.2, -0.15) is 4.98 Å². The Morgan fingerprint density at radius 2 is 1.39 bits per heavy atom. The van der Waals surface area contributed by atoms with Crippen LogP contribution in [-0.4, -0.2) is 9.97 Å². The molecule has 0 N–H and O–H groups in total. The topological polar surface area (TPSA) is 52.1 Å². The van der Waals surface area contributed by atoms with E-state index in [1.807, 2.05) is 54.6 Å². The van der Waals surface area contributed by atoms with Crippen LogP contribution < -0.4 is 0 Å². The summed E-state index contributed by atoms with van der Waals surface area (Å²) in [5.74, 6) is 0. The van der Waals surface area contributed by atoms with Gasteiger partial charge in [0.2, 0.25) is 11.0 Å². The fourth-order valence-corrected chi connectivity index (χ4v) is 4.75. The largest absolute Gasteiger partial charge is 0.455 e. The van der Waals surface area contributed by atoms with Gasteiger partial charge >= 0.3 is 0 Å². The van der Waals surface area contributed by atoms with E-state index in [2.05, 4.69) is 46.4 Å².